The summed E-state index contributed by atoms with van der Waals surface area (Å²) in [6, 6.07) is 5.14. The van der Waals surface area contributed by atoms with E-state index in [4.69, 9.17) is 15.2 Å². The molecule has 1 aromatic heterocycles. The minimum Gasteiger partial charge on any atom is -0.465 e. The predicted octanol–water partition coefficient (Wildman–Crippen LogP) is 1.57. The maximum atomic E-state index is 11.8. The van der Waals surface area contributed by atoms with E-state index in [0.29, 0.717) is 24.4 Å². The summed E-state index contributed by atoms with van der Waals surface area (Å²) in [4.78, 5) is 11.8. The number of nitrogen functional groups attached to an aromatic ring is 1. The molecule has 0 fully saturated rings. The first kappa shape index (κ1) is 14.1. The van der Waals surface area contributed by atoms with Crippen molar-refractivity contribution in [3.8, 4) is 11.1 Å². The first-order chi connectivity index (χ1) is 9.65. The number of nitrogens with two attached hydrogens (primary N) is 1. The Labute approximate surface area is 117 Å². The Kier molecular flexibility index (Phi) is 4.37. The van der Waals surface area contributed by atoms with Crippen molar-refractivity contribution in [1.29, 1.82) is 0 Å². The average molecular weight is 275 g/mol. The van der Waals surface area contributed by atoms with E-state index in [9.17, 15) is 4.79 Å². The molecule has 0 amide bonds. The van der Waals surface area contributed by atoms with Gasteiger partial charge in [-0.25, -0.2) is 4.79 Å². The standard InChI is InChI=1S/C14H17N3O3/c1-19-6-5-17-9-10(8-16-17)12-4-3-11(15)7-13(12)14(18)20-2/h3-4,7-9H,5-6,15H2,1-2H3. The van der Waals surface area contributed by atoms with Crippen molar-refractivity contribution < 1.29 is 14.3 Å². The van der Waals surface area contributed by atoms with Crippen LogP contribution >= 0.6 is 0 Å². The van der Waals surface area contributed by atoms with Crippen LogP contribution in [0.2, 0.25) is 0 Å². The molecule has 2 aromatic rings. The highest BCUT2D eigenvalue weighted by Gasteiger charge is 2.15. The third-order valence-corrected chi connectivity index (χ3v) is 2.92. The van der Waals surface area contributed by atoms with Gasteiger partial charge in [0.25, 0.3) is 0 Å². The highest BCUT2D eigenvalue weighted by Crippen LogP contribution is 2.26. The second-order valence-electron chi connectivity index (χ2n) is 4.28. The second kappa shape index (κ2) is 6.21. The van der Waals surface area contributed by atoms with Gasteiger partial charge in [0.15, 0.2) is 0 Å². The van der Waals surface area contributed by atoms with Crippen molar-refractivity contribution in [1.82, 2.24) is 9.78 Å². The maximum absolute atomic E-state index is 11.8. The van der Waals surface area contributed by atoms with Gasteiger partial charge in [0.2, 0.25) is 0 Å². The fourth-order valence-electron chi connectivity index (χ4n) is 1.90. The van der Waals surface area contributed by atoms with Crippen molar-refractivity contribution in [3.05, 3.63) is 36.2 Å². The summed E-state index contributed by atoms with van der Waals surface area (Å²) < 4.78 is 11.5. The van der Waals surface area contributed by atoms with Gasteiger partial charge < -0.3 is 15.2 Å². The number of ether oxygens (including phenoxy) is 2. The first-order valence-electron chi connectivity index (χ1n) is 6.15. The molecule has 6 nitrogen and oxygen atoms in total. The molecule has 20 heavy (non-hydrogen) atoms. The average Bonchev–Trinajstić information content (AvgIpc) is 2.92. The minimum atomic E-state index is -0.419. The molecule has 106 valence electrons. The van der Waals surface area contributed by atoms with Crippen LogP contribution in [0.1, 0.15) is 10.4 Å². The van der Waals surface area contributed by atoms with Gasteiger partial charge in [-0.3, -0.25) is 4.68 Å². The van der Waals surface area contributed by atoms with E-state index in [0.717, 1.165) is 11.1 Å². The Balaban J connectivity index is 2.36. The molecule has 0 radical (unpaired) electrons. The second-order valence-corrected chi connectivity index (χ2v) is 4.28. The number of aromatic nitrogens is 2. The Morgan fingerprint density at radius 1 is 1.40 bits per heavy atom. The van der Waals surface area contributed by atoms with E-state index in [-0.39, 0.29) is 0 Å². The van der Waals surface area contributed by atoms with Crippen LogP contribution in [0.15, 0.2) is 30.6 Å². The van der Waals surface area contributed by atoms with Gasteiger partial charge in [-0.2, -0.15) is 5.10 Å². The molecule has 2 rings (SSSR count). The molecule has 1 heterocycles. The smallest absolute Gasteiger partial charge is 0.338 e. The summed E-state index contributed by atoms with van der Waals surface area (Å²) >= 11 is 0. The largest absolute Gasteiger partial charge is 0.465 e. The summed E-state index contributed by atoms with van der Waals surface area (Å²) in [5, 5.41) is 4.23. The summed E-state index contributed by atoms with van der Waals surface area (Å²) in [6.45, 7) is 1.23. The van der Waals surface area contributed by atoms with Crippen molar-refractivity contribution in [2.24, 2.45) is 0 Å². The summed E-state index contributed by atoms with van der Waals surface area (Å²) in [7, 11) is 2.98. The maximum Gasteiger partial charge on any atom is 0.338 e. The van der Waals surface area contributed by atoms with Gasteiger partial charge in [0, 0.05) is 24.6 Å². The molecule has 0 atom stereocenters. The van der Waals surface area contributed by atoms with E-state index in [1.165, 1.54) is 7.11 Å². The third kappa shape index (κ3) is 2.97. The number of hydrogen-bond acceptors (Lipinski definition) is 5. The highest BCUT2D eigenvalue weighted by molar-refractivity contribution is 5.98. The molecule has 0 spiro atoms. The van der Waals surface area contributed by atoms with Crippen LogP contribution in [-0.4, -0.2) is 36.6 Å². The van der Waals surface area contributed by atoms with E-state index >= 15 is 0 Å². The van der Waals surface area contributed by atoms with Gasteiger partial charge in [-0.1, -0.05) is 6.07 Å². The van der Waals surface area contributed by atoms with Crippen molar-refractivity contribution in [3.63, 3.8) is 0 Å². The zero-order valence-electron chi connectivity index (χ0n) is 11.5. The van der Waals surface area contributed by atoms with Crippen LogP contribution in [-0.2, 0) is 16.0 Å². The van der Waals surface area contributed by atoms with Crippen molar-refractivity contribution in [2.75, 3.05) is 26.6 Å². The van der Waals surface area contributed by atoms with E-state index < -0.39 is 5.97 Å². The number of benzene rings is 1. The molecule has 0 unspecified atom stereocenters. The van der Waals surface area contributed by atoms with Crippen LogP contribution in [0, 0.1) is 0 Å². The lowest BCUT2D eigenvalue weighted by molar-refractivity contribution is 0.0601. The summed E-state index contributed by atoms with van der Waals surface area (Å²) in [5.41, 5.74) is 8.25. The fraction of sp³-hybridized carbons (Fsp3) is 0.286. The normalized spacial score (nSPS) is 10.5. The zero-order chi connectivity index (χ0) is 14.5. The molecule has 0 aliphatic heterocycles. The van der Waals surface area contributed by atoms with Crippen LogP contribution in [0.4, 0.5) is 5.69 Å². The molecule has 1 aromatic carbocycles. The molecule has 0 aliphatic carbocycles. The van der Waals surface area contributed by atoms with Crippen LogP contribution in [0.25, 0.3) is 11.1 Å². The Hall–Kier alpha value is -2.34. The van der Waals surface area contributed by atoms with Gasteiger partial charge in [0.05, 0.1) is 32.0 Å². The Morgan fingerprint density at radius 2 is 2.20 bits per heavy atom. The third-order valence-electron chi connectivity index (χ3n) is 2.92. The lowest BCUT2D eigenvalue weighted by atomic mass is 10.0. The van der Waals surface area contributed by atoms with Crippen LogP contribution in [0.3, 0.4) is 0 Å². The number of esters is 1. The number of carbonyl (C=O) groups is 1. The van der Waals surface area contributed by atoms with Gasteiger partial charge in [-0.05, 0) is 17.7 Å². The highest BCUT2D eigenvalue weighted by atomic mass is 16.5. The topological polar surface area (TPSA) is 79.4 Å². The monoisotopic (exact) mass is 275 g/mol. The molecular weight excluding hydrogens is 258 g/mol. The van der Waals surface area contributed by atoms with Crippen LogP contribution < -0.4 is 5.73 Å². The molecule has 0 aliphatic rings. The van der Waals surface area contributed by atoms with Gasteiger partial charge in [0.1, 0.15) is 0 Å². The quantitative estimate of drug-likeness (QED) is 0.661. The summed E-state index contributed by atoms with van der Waals surface area (Å²) in [6.07, 6.45) is 3.56. The lowest BCUT2D eigenvalue weighted by Crippen LogP contribution is -2.05. The fourth-order valence-corrected chi connectivity index (χ4v) is 1.90. The van der Waals surface area contributed by atoms with Gasteiger partial charge >= 0.3 is 5.97 Å². The number of nitrogens with zero attached hydrogens (tertiary/aromatic N) is 2. The predicted molar refractivity (Wildman–Crippen MR) is 75.3 cm³/mol. The van der Waals surface area contributed by atoms with Crippen molar-refractivity contribution in [2.45, 2.75) is 6.54 Å². The lowest BCUT2D eigenvalue weighted by Gasteiger charge is -2.07. The molecule has 2 N–H and O–H groups in total. The summed E-state index contributed by atoms with van der Waals surface area (Å²) in [5.74, 6) is -0.419. The Bertz CT molecular complexity index is 607. The van der Waals surface area contributed by atoms with E-state index in [1.807, 2.05) is 6.20 Å². The molecule has 0 saturated carbocycles. The van der Waals surface area contributed by atoms with E-state index in [1.54, 1.807) is 36.2 Å². The number of carbonyl (C=O) groups excluding carboxylic acids is 1. The molecule has 0 saturated heterocycles. The van der Waals surface area contributed by atoms with Crippen molar-refractivity contribution >= 4 is 11.7 Å². The number of anilines is 1. The minimum absolute atomic E-state index is 0.419. The SMILES string of the molecule is COCCn1cc(-c2ccc(N)cc2C(=O)OC)cn1. The Morgan fingerprint density at radius 3 is 2.90 bits per heavy atom. The molecular formula is C14H17N3O3. The van der Waals surface area contributed by atoms with Gasteiger partial charge in [-0.15, -0.1) is 0 Å². The molecule has 0 bridgehead atoms. The first-order valence-corrected chi connectivity index (χ1v) is 6.15. The number of rotatable bonds is 5. The van der Waals surface area contributed by atoms with E-state index in [2.05, 4.69) is 5.10 Å². The number of methoxy groups -OCH3 is 2. The van der Waals surface area contributed by atoms with Crippen LogP contribution in [0.5, 0.6) is 0 Å². The molecule has 6 heteroatoms. The number of hydrogen-bond donors (Lipinski definition) is 1. The zero-order valence-corrected chi connectivity index (χ0v) is 11.5.